The van der Waals surface area contributed by atoms with Crippen molar-refractivity contribution >= 4 is 11.8 Å². The molecule has 0 aromatic rings. The van der Waals surface area contributed by atoms with E-state index in [1.807, 2.05) is 0 Å². The first-order chi connectivity index (χ1) is 10.1. The van der Waals surface area contributed by atoms with Gasteiger partial charge < -0.3 is 0 Å². The minimum absolute atomic E-state index is 0.677. The standard InChI is InChI=1S/C20H28S/c1-5-7-18-12-10-8-19(9(3)11(12)14(18)19)17(4,6-2)16-13-15(18)20(10,13)21-16/h9-16H,5-8H2,1-4H3/t9?,10?,11?,12?,13?,14?,15?,16?,17?,18?,19-,20?/m1/s1. The Morgan fingerprint density at radius 1 is 1.14 bits per heavy atom. The van der Waals surface area contributed by atoms with Crippen LogP contribution in [0, 0.1) is 57.7 Å². The summed E-state index contributed by atoms with van der Waals surface area (Å²) in [6, 6.07) is 0. The molecule has 2 aliphatic heterocycles. The third kappa shape index (κ3) is 0.654. The van der Waals surface area contributed by atoms with E-state index in [9.17, 15) is 0 Å². The highest BCUT2D eigenvalue weighted by molar-refractivity contribution is 8.03. The van der Waals surface area contributed by atoms with Gasteiger partial charge >= 0.3 is 0 Å². The largest absolute Gasteiger partial charge is 0.150 e. The summed E-state index contributed by atoms with van der Waals surface area (Å²) in [4.78, 5) is 0. The molecule has 0 nitrogen and oxygen atoms in total. The zero-order valence-electron chi connectivity index (χ0n) is 13.9. The Balaban J connectivity index is 1.55. The fourth-order valence-electron chi connectivity index (χ4n) is 11.1. The predicted octanol–water partition coefficient (Wildman–Crippen LogP) is 4.83. The SMILES string of the molecule is CCCC12C3C4C(C)[C@]5(CC3C36SC(C3C16)C5(C)CC)C42. The van der Waals surface area contributed by atoms with Crippen molar-refractivity contribution in [3.8, 4) is 0 Å². The topological polar surface area (TPSA) is 0 Å². The van der Waals surface area contributed by atoms with Crippen molar-refractivity contribution < 1.29 is 0 Å². The molecule has 9 rings (SSSR count). The van der Waals surface area contributed by atoms with E-state index in [1.165, 1.54) is 48.3 Å². The fraction of sp³-hybridized carbons (Fsp3) is 1.00. The van der Waals surface area contributed by atoms with Crippen molar-refractivity contribution in [1.29, 1.82) is 0 Å². The van der Waals surface area contributed by atoms with E-state index in [2.05, 4.69) is 39.5 Å². The third-order valence-electron chi connectivity index (χ3n) is 11.1. The Labute approximate surface area is 133 Å². The molecule has 2 spiro atoms. The first-order valence-corrected chi connectivity index (χ1v) is 10.6. The number of hydrogen-bond acceptors (Lipinski definition) is 1. The summed E-state index contributed by atoms with van der Waals surface area (Å²) in [5.74, 6) is 8.14. The second-order valence-corrected chi connectivity index (χ2v) is 11.7. The smallest absolute Gasteiger partial charge is 0.0273 e. The molecule has 0 radical (unpaired) electrons. The van der Waals surface area contributed by atoms with Crippen molar-refractivity contribution in [3.05, 3.63) is 0 Å². The van der Waals surface area contributed by atoms with E-state index < -0.39 is 0 Å². The molecule has 21 heavy (non-hydrogen) atoms. The van der Waals surface area contributed by atoms with Crippen LogP contribution in [0.2, 0.25) is 0 Å². The second-order valence-electron chi connectivity index (χ2n) is 10.2. The summed E-state index contributed by atoms with van der Waals surface area (Å²) in [5, 5.41) is 1.06. The normalized spacial score (nSPS) is 82.3. The highest BCUT2D eigenvalue weighted by atomic mass is 32.2. The Hall–Kier alpha value is 0.350. The Morgan fingerprint density at radius 2 is 1.95 bits per heavy atom. The average Bonchev–Trinajstić information content (AvgIpc) is 2.97. The fourth-order valence-corrected chi connectivity index (χ4v) is 13.8. The summed E-state index contributed by atoms with van der Waals surface area (Å²) in [6.45, 7) is 10.4. The zero-order chi connectivity index (χ0) is 14.2. The number of rotatable bonds is 3. The molecular formula is C20H28S. The summed E-state index contributed by atoms with van der Waals surface area (Å²) < 4.78 is 0.853. The molecule has 8 bridgehead atoms. The van der Waals surface area contributed by atoms with Crippen LogP contribution >= 0.6 is 11.8 Å². The van der Waals surface area contributed by atoms with E-state index >= 15 is 0 Å². The Morgan fingerprint density at radius 3 is 2.67 bits per heavy atom. The van der Waals surface area contributed by atoms with Gasteiger partial charge in [0.1, 0.15) is 0 Å². The van der Waals surface area contributed by atoms with Gasteiger partial charge in [0.2, 0.25) is 0 Å². The lowest BCUT2D eigenvalue weighted by molar-refractivity contribution is -0.387. The van der Waals surface area contributed by atoms with Gasteiger partial charge in [0, 0.05) is 10.00 Å². The van der Waals surface area contributed by atoms with Crippen molar-refractivity contribution in [3.63, 3.8) is 0 Å². The molecule has 11 unspecified atom stereocenters. The molecule has 0 aromatic heterocycles. The van der Waals surface area contributed by atoms with Gasteiger partial charge in [-0.25, -0.2) is 0 Å². The van der Waals surface area contributed by atoms with Crippen molar-refractivity contribution in [1.82, 2.24) is 0 Å². The van der Waals surface area contributed by atoms with E-state index in [0.29, 0.717) is 5.41 Å². The molecule has 0 aromatic carbocycles. The van der Waals surface area contributed by atoms with Gasteiger partial charge in [0.15, 0.2) is 0 Å². The molecule has 9 aliphatic rings. The van der Waals surface area contributed by atoms with Crippen molar-refractivity contribution in [2.75, 3.05) is 0 Å². The quantitative estimate of drug-likeness (QED) is 0.719. The maximum atomic E-state index is 2.75. The lowest BCUT2D eigenvalue weighted by Crippen LogP contribution is -2.82. The molecule has 2 heterocycles. The van der Waals surface area contributed by atoms with E-state index in [-0.39, 0.29) is 0 Å². The average molecular weight is 301 g/mol. The van der Waals surface area contributed by atoms with Crippen LogP contribution in [0.15, 0.2) is 0 Å². The Kier molecular flexibility index (Phi) is 1.51. The monoisotopic (exact) mass is 300 g/mol. The van der Waals surface area contributed by atoms with Crippen LogP contribution in [0.5, 0.6) is 0 Å². The minimum Gasteiger partial charge on any atom is -0.150 e. The molecule has 2 saturated heterocycles. The van der Waals surface area contributed by atoms with Crippen LogP contribution in [-0.2, 0) is 0 Å². The first-order valence-electron chi connectivity index (χ1n) is 9.75. The number of hydrogen-bond donors (Lipinski definition) is 0. The van der Waals surface area contributed by atoms with E-state index in [0.717, 1.165) is 26.7 Å². The minimum atomic E-state index is 0.677. The molecular weight excluding hydrogens is 272 g/mol. The van der Waals surface area contributed by atoms with Crippen molar-refractivity contribution in [2.45, 2.75) is 63.4 Å². The van der Waals surface area contributed by atoms with Gasteiger partial charge in [-0.1, -0.05) is 34.1 Å². The summed E-state index contributed by atoms with van der Waals surface area (Å²) >= 11 is 2.54. The molecule has 9 fully saturated rings. The van der Waals surface area contributed by atoms with Gasteiger partial charge in [-0.05, 0) is 76.9 Å². The van der Waals surface area contributed by atoms with Gasteiger partial charge in [-0.2, -0.15) is 0 Å². The summed E-state index contributed by atoms with van der Waals surface area (Å²) in [5.41, 5.74) is 2.32. The summed E-state index contributed by atoms with van der Waals surface area (Å²) in [6.07, 6.45) is 6.16. The van der Waals surface area contributed by atoms with Gasteiger partial charge in [0.25, 0.3) is 0 Å². The van der Waals surface area contributed by atoms with Gasteiger partial charge in [-0.3, -0.25) is 0 Å². The molecule has 12 atom stereocenters. The van der Waals surface area contributed by atoms with Crippen LogP contribution in [0.4, 0.5) is 0 Å². The molecule has 114 valence electrons. The third-order valence-corrected chi connectivity index (χ3v) is 13.4. The zero-order valence-corrected chi connectivity index (χ0v) is 14.7. The predicted molar refractivity (Wildman–Crippen MR) is 87.0 cm³/mol. The molecule has 7 aliphatic carbocycles. The molecule has 0 N–H and O–H groups in total. The van der Waals surface area contributed by atoms with E-state index in [1.54, 1.807) is 12.8 Å². The lowest BCUT2D eigenvalue weighted by Gasteiger charge is -2.85. The summed E-state index contributed by atoms with van der Waals surface area (Å²) in [7, 11) is 0. The van der Waals surface area contributed by atoms with Crippen LogP contribution < -0.4 is 0 Å². The van der Waals surface area contributed by atoms with E-state index in [4.69, 9.17) is 0 Å². The van der Waals surface area contributed by atoms with Gasteiger partial charge in [0.05, 0.1) is 0 Å². The molecule has 1 heteroatoms. The molecule has 7 saturated carbocycles. The van der Waals surface area contributed by atoms with Crippen LogP contribution in [-0.4, -0.2) is 10.00 Å². The highest BCUT2D eigenvalue weighted by Crippen LogP contribution is 3.07. The Bertz CT molecular complexity index is 609. The van der Waals surface area contributed by atoms with Gasteiger partial charge in [-0.15, -0.1) is 11.8 Å². The van der Waals surface area contributed by atoms with Crippen LogP contribution in [0.25, 0.3) is 0 Å². The van der Waals surface area contributed by atoms with Crippen molar-refractivity contribution in [2.24, 2.45) is 57.7 Å². The molecule has 0 amide bonds. The first kappa shape index (κ1) is 11.8. The van der Waals surface area contributed by atoms with Crippen LogP contribution in [0.1, 0.15) is 53.4 Å². The lowest BCUT2D eigenvalue weighted by atomic mass is 9.18. The van der Waals surface area contributed by atoms with Crippen LogP contribution in [0.3, 0.4) is 0 Å². The maximum Gasteiger partial charge on any atom is 0.0273 e. The second kappa shape index (κ2) is 2.68. The maximum absolute atomic E-state index is 2.75. The number of thioether (sulfide) groups is 1. The highest BCUT2D eigenvalue weighted by Gasteiger charge is 3.05.